The van der Waals surface area contributed by atoms with Gasteiger partial charge in [-0.15, -0.1) is 0 Å². The average molecular weight is 399 g/mol. The summed E-state index contributed by atoms with van der Waals surface area (Å²) >= 11 is 0. The maximum Gasteiger partial charge on any atom is 0.243 e. The molecule has 2 aromatic rings. The number of benzene rings is 2. The third-order valence-electron chi connectivity index (χ3n) is 6.35. The quantitative estimate of drug-likeness (QED) is 0.773. The minimum atomic E-state index is -3.49. The second kappa shape index (κ2) is 8.36. The summed E-state index contributed by atoms with van der Waals surface area (Å²) in [6.07, 6.45) is 4.40. The summed E-state index contributed by atoms with van der Waals surface area (Å²) in [4.78, 5) is 3.01. The van der Waals surface area contributed by atoms with Gasteiger partial charge in [0.15, 0.2) is 0 Å². The topological polar surface area (TPSA) is 40.6 Å². The van der Waals surface area contributed by atoms with Crippen LogP contribution in [0.15, 0.2) is 59.5 Å². The Hall–Kier alpha value is -1.69. The van der Waals surface area contributed by atoms with Crippen molar-refractivity contribution >= 4 is 10.0 Å². The Morgan fingerprint density at radius 3 is 2.07 bits per heavy atom. The number of piperidine rings is 2. The van der Waals surface area contributed by atoms with Gasteiger partial charge >= 0.3 is 0 Å². The van der Waals surface area contributed by atoms with E-state index in [1.807, 2.05) is 48.5 Å². The van der Waals surface area contributed by atoms with Crippen LogP contribution >= 0.6 is 0 Å². The molecule has 2 saturated heterocycles. The number of sulfonamides is 1. The van der Waals surface area contributed by atoms with Crippen molar-refractivity contribution in [2.24, 2.45) is 5.92 Å². The first kappa shape index (κ1) is 19.6. The molecule has 2 heterocycles. The average Bonchev–Trinajstić information content (AvgIpc) is 2.75. The highest BCUT2D eigenvalue weighted by Gasteiger charge is 2.33. The Morgan fingerprint density at radius 1 is 0.786 bits per heavy atom. The molecule has 0 N–H and O–H groups in total. The molecular formula is C23H30N2O2S. The van der Waals surface area contributed by atoms with Gasteiger partial charge in [-0.2, -0.15) is 4.31 Å². The fourth-order valence-electron chi connectivity index (χ4n) is 4.53. The van der Waals surface area contributed by atoms with Gasteiger partial charge in [-0.25, -0.2) is 8.42 Å². The van der Waals surface area contributed by atoms with Crippen molar-refractivity contribution in [3.8, 4) is 11.1 Å². The summed E-state index contributed by atoms with van der Waals surface area (Å²) in [5.41, 5.74) is 1.73. The monoisotopic (exact) mass is 398 g/mol. The standard InChI is InChI=1S/C23H30N2O2S/c1-19-11-15-24(16-12-19)21-13-17-25(18-14-21)28(26,27)23-10-6-5-9-22(23)20-7-3-2-4-8-20/h2-10,19,21H,11-18H2,1H3. The van der Waals surface area contributed by atoms with Crippen LogP contribution < -0.4 is 0 Å². The maximum absolute atomic E-state index is 13.4. The van der Waals surface area contributed by atoms with Crippen LogP contribution in [0.4, 0.5) is 0 Å². The smallest absolute Gasteiger partial charge is 0.243 e. The molecule has 0 saturated carbocycles. The molecular weight excluding hydrogens is 368 g/mol. The zero-order valence-corrected chi connectivity index (χ0v) is 17.4. The second-order valence-electron chi connectivity index (χ2n) is 8.22. The van der Waals surface area contributed by atoms with E-state index >= 15 is 0 Å². The SMILES string of the molecule is CC1CCN(C2CCN(S(=O)(=O)c3ccccc3-c3ccccc3)CC2)CC1. The van der Waals surface area contributed by atoms with Gasteiger partial charge in [0, 0.05) is 24.7 Å². The minimum Gasteiger partial charge on any atom is -0.300 e. The first-order chi connectivity index (χ1) is 13.6. The molecule has 4 rings (SSSR count). The molecule has 0 spiro atoms. The summed E-state index contributed by atoms with van der Waals surface area (Å²) in [6, 6.07) is 17.7. The molecule has 28 heavy (non-hydrogen) atoms. The Balaban J connectivity index is 1.50. The second-order valence-corrected chi connectivity index (χ2v) is 10.1. The summed E-state index contributed by atoms with van der Waals surface area (Å²) in [5.74, 6) is 0.825. The van der Waals surface area contributed by atoms with Crippen molar-refractivity contribution < 1.29 is 8.42 Å². The Kier molecular flexibility index (Phi) is 5.85. The van der Waals surface area contributed by atoms with Gasteiger partial charge in [0.25, 0.3) is 0 Å². The van der Waals surface area contributed by atoms with E-state index in [-0.39, 0.29) is 0 Å². The van der Waals surface area contributed by atoms with E-state index in [1.54, 1.807) is 10.4 Å². The third kappa shape index (κ3) is 4.02. The first-order valence-corrected chi connectivity index (χ1v) is 11.9. The molecule has 0 bridgehead atoms. The van der Waals surface area contributed by atoms with Gasteiger partial charge in [0.05, 0.1) is 4.90 Å². The van der Waals surface area contributed by atoms with E-state index in [1.165, 1.54) is 12.8 Å². The molecule has 0 aromatic heterocycles. The Labute approximate surface area is 169 Å². The van der Waals surface area contributed by atoms with Crippen molar-refractivity contribution in [1.82, 2.24) is 9.21 Å². The zero-order valence-electron chi connectivity index (χ0n) is 16.6. The summed E-state index contributed by atoms with van der Waals surface area (Å²) in [6.45, 7) is 5.88. The molecule has 0 amide bonds. The van der Waals surface area contributed by atoms with Gasteiger partial charge in [-0.1, -0.05) is 55.5 Å². The lowest BCUT2D eigenvalue weighted by Crippen LogP contribution is -2.48. The lowest BCUT2D eigenvalue weighted by Gasteiger charge is -2.41. The van der Waals surface area contributed by atoms with Crippen LogP contribution in [0.2, 0.25) is 0 Å². The third-order valence-corrected chi connectivity index (χ3v) is 8.30. The lowest BCUT2D eigenvalue weighted by molar-refractivity contribution is 0.101. The first-order valence-electron chi connectivity index (χ1n) is 10.4. The van der Waals surface area contributed by atoms with Crippen LogP contribution in [0.25, 0.3) is 11.1 Å². The Bertz CT molecular complexity index is 882. The van der Waals surface area contributed by atoms with E-state index in [9.17, 15) is 8.42 Å². The zero-order chi connectivity index (χ0) is 19.6. The van der Waals surface area contributed by atoms with Gasteiger partial charge < -0.3 is 4.90 Å². The van der Waals surface area contributed by atoms with Crippen LogP contribution in [0.1, 0.15) is 32.6 Å². The number of likely N-dealkylation sites (tertiary alicyclic amines) is 1. The molecule has 2 aromatic carbocycles. The number of nitrogens with zero attached hydrogens (tertiary/aromatic N) is 2. The van der Waals surface area contributed by atoms with Crippen molar-refractivity contribution in [3.63, 3.8) is 0 Å². The lowest BCUT2D eigenvalue weighted by atomic mass is 9.95. The van der Waals surface area contributed by atoms with E-state index < -0.39 is 10.0 Å². The number of hydrogen-bond donors (Lipinski definition) is 0. The van der Waals surface area contributed by atoms with Crippen LogP contribution in [-0.2, 0) is 10.0 Å². The summed E-state index contributed by atoms with van der Waals surface area (Å²) < 4.78 is 28.5. The van der Waals surface area contributed by atoms with Crippen LogP contribution in [0, 0.1) is 5.92 Å². The van der Waals surface area contributed by atoms with Gasteiger partial charge in [0.2, 0.25) is 10.0 Å². The van der Waals surface area contributed by atoms with E-state index in [2.05, 4.69) is 11.8 Å². The van der Waals surface area contributed by atoms with Crippen molar-refractivity contribution in [1.29, 1.82) is 0 Å². The fourth-order valence-corrected chi connectivity index (χ4v) is 6.21. The van der Waals surface area contributed by atoms with Crippen molar-refractivity contribution in [2.75, 3.05) is 26.2 Å². The van der Waals surface area contributed by atoms with Crippen LogP contribution in [0.3, 0.4) is 0 Å². The summed E-state index contributed by atoms with van der Waals surface area (Å²) in [5, 5.41) is 0. The number of hydrogen-bond acceptors (Lipinski definition) is 3. The molecule has 5 heteroatoms. The molecule has 4 nitrogen and oxygen atoms in total. The van der Waals surface area contributed by atoms with E-state index in [4.69, 9.17) is 0 Å². The minimum absolute atomic E-state index is 0.423. The molecule has 0 unspecified atom stereocenters. The largest absolute Gasteiger partial charge is 0.300 e. The predicted octanol–water partition coefficient (Wildman–Crippen LogP) is 4.24. The molecule has 0 aliphatic carbocycles. The van der Waals surface area contributed by atoms with Crippen molar-refractivity contribution in [3.05, 3.63) is 54.6 Å². The predicted molar refractivity (Wildman–Crippen MR) is 114 cm³/mol. The summed E-state index contributed by atoms with van der Waals surface area (Å²) in [7, 11) is -3.49. The molecule has 2 fully saturated rings. The van der Waals surface area contributed by atoms with Gasteiger partial charge in [-0.05, 0) is 56.3 Å². The molecule has 2 aliphatic rings. The Morgan fingerprint density at radius 2 is 1.39 bits per heavy atom. The van der Waals surface area contributed by atoms with E-state index in [0.717, 1.165) is 43.0 Å². The van der Waals surface area contributed by atoms with Crippen LogP contribution in [0.5, 0.6) is 0 Å². The van der Waals surface area contributed by atoms with Gasteiger partial charge in [-0.3, -0.25) is 0 Å². The highest BCUT2D eigenvalue weighted by molar-refractivity contribution is 7.89. The fraction of sp³-hybridized carbons (Fsp3) is 0.478. The van der Waals surface area contributed by atoms with Crippen molar-refractivity contribution in [2.45, 2.75) is 43.5 Å². The molecule has 0 radical (unpaired) electrons. The molecule has 150 valence electrons. The normalized spacial score (nSPS) is 21.0. The molecule has 2 aliphatic heterocycles. The molecule has 0 atom stereocenters. The van der Waals surface area contributed by atoms with E-state index in [0.29, 0.717) is 24.0 Å². The highest BCUT2D eigenvalue weighted by Crippen LogP contribution is 2.31. The maximum atomic E-state index is 13.4. The number of rotatable bonds is 4. The highest BCUT2D eigenvalue weighted by atomic mass is 32.2. The van der Waals surface area contributed by atoms with Gasteiger partial charge in [0.1, 0.15) is 0 Å². The van der Waals surface area contributed by atoms with Crippen LogP contribution in [-0.4, -0.2) is 49.8 Å².